The molecule has 0 aliphatic carbocycles. The van der Waals surface area contributed by atoms with Crippen molar-refractivity contribution in [3.8, 4) is 11.6 Å². The van der Waals surface area contributed by atoms with Gasteiger partial charge < -0.3 is 39.6 Å². The van der Waals surface area contributed by atoms with Crippen molar-refractivity contribution in [2.24, 2.45) is 0 Å². The number of fused-ring (bicyclic) bond motifs is 1. The van der Waals surface area contributed by atoms with Crippen molar-refractivity contribution in [2.45, 2.75) is 12.8 Å². The molecule has 0 saturated carbocycles. The van der Waals surface area contributed by atoms with Crippen molar-refractivity contribution in [3.63, 3.8) is 0 Å². The molecule has 2 fully saturated rings. The van der Waals surface area contributed by atoms with Gasteiger partial charge in [0.25, 0.3) is 0 Å². The predicted molar refractivity (Wildman–Crippen MR) is 146 cm³/mol. The number of aliphatic hydroxyl groups excluding tert-OH is 1. The molecular formula is C26H34N8O4. The number of methoxy groups -OCH3 is 1. The zero-order valence-electron chi connectivity index (χ0n) is 22.0. The van der Waals surface area contributed by atoms with Gasteiger partial charge in [0.2, 0.25) is 17.7 Å². The van der Waals surface area contributed by atoms with Gasteiger partial charge in [-0.25, -0.2) is 0 Å². The minimum absolute atomic E-state index is 0.0292. The van der Waals surface area contributed by atoms with Gasteiger partial charge >= 0.3 is 0 Å². The molecule has 38 heavy (non-hydrogen) atoms. The number of carbonyl (C=O) groups excluding carboxylic acids is 1. The molecule has 202 valence electrons. The molecule has 2 aromatic heterocycles. The Balaban J connectivity index is 1.52. The molecule has 0 bridgehead atoms. The highest BCUT2D eigenvalue weighted by Gasteiger charge is 2.27. The number of nitrogens with one attached hydrogen (secondary N) is 2. The van der Waals surface area contributed by atoms with Crippen LogP contribution in [-0.2, 0) is 11.5 Å². The van der Waals surface area contributed by atoms with Crippen LogP contribution in [0, 0.1) is 0 Å². The van der Waals surface area contributed by atoms with Crippen molar-refractivity contribution < 1.29 is 19.4 Å². The van der Waals surface area contributed by atoms with Gasteiger partial charge in [-0.3, -0.25) is 9.69 Å². The summed E-state index contributed by atoms with van der Waals surface area (Å²) in [5.41, 5.74) is 2.59. The lowest BCUT2D eigenvalue weighted by Crippen LogP contribution is -2.51. The van der Waals surface area contributed by atoms with Crippen LogP contribution < -0.4 is 25.0 Å². The van der Waals surface area contributed by atoms with Gasteiger partial charge in [0, 0.05) is 51.5 Å². The number of amides is 1. The van der Waals surface area contributed by atoms with E-state index in [2.05, 4.69) is 48.9 Å². The lowest BCUT2D eigenvalue weighted by Gasteiger charge is -2.35. The number of aliphatic hydroxyl groups is 1. The van der Waals surface area contributed by atoms with Crippen molar-refractivity contribution in [3.05, 3.63) is 37.1 Å². The lowest BCUT2D eigenvalue weighted by atomic mass is 10.1. The maximum Gasteiger partial charge on any atom is 0.247 e. The SMILES string of the molecule is C=CC(=O)Nc1cc(Nc2nc(OC3CN(C)C3)c3ccn(CO)c3n2)c(OC)cc1N1CCN(C)CC1. The standard InChI is InChI=1S/C26H34N8O4/c1-5-23(36)27-19-12-20(22(37-4)13-21(19)33-10-8-31(2)9-11-33)28-26-29-24-18(6-7-34(24)16-35)25(30-26)38-17-14-32(3)15-17/h5-7,12-13,17,35H,1,8-11,14-16H2,2-4H3,(H,27,36)(H,28,29,30). The average Bonchev–Trinajstić information content (AvgIpc) is 3.31. The van der Waals surface area contributed by atoms with Crippen LogP contribution in [0.5, 0.6) is 11.6 Å². The Kier molecular flexibility index (Phi) is 7.36. The first-order chi connectivity index (χ1) is 18.4. The number of aromatic nitrogens is 3. The molecule has 2 saturated heterocycles. The predicted octanol–water partition coefficient (Wildman–Crippen LogP) is 1.70. The second-order valence-corrected chi connectivity index (χ2v) is 9.66. The van der Waals surface area contributed by atoms with E-state index in [1.165, 1.54) is 6.08 Å². The fourth-order valence-electron chi connectivity index (χ4n) is 4.72. The van der Waals surface area contributed by atoms with Crippen LogP contribution in [-0.4, -0.2) is 102 Å². The van der Waals surface area contributed by atoms with E-state index in [0.717, 1.165) is 50.3 Å². The molecule has 1 amide bonds. The molecule has 0 radical (unpaired) electrons. The van der Waals surface area contributed by atoms with Crippen molar-refractivity contribution >= 4 is 40.0 Å². The number of hydrogen-bond donors (Lipinski definition) is 3. The Morgan fingerprint density at radius 3 is 2.58 bits per heavy atom. The van der Waals surface area contributed by atoms with Crippen LogP contribution in [0.3, 0.4) is 0 Å². The summed E-state index contributed by atoms with van der Waals surface area (Å²) in [6.07, 6.45) is 3.02. The number of benzene rings is 1. The van der Waals surface area contributed by atoms with Gasteiger partial charge in [0.15, 0.2) is 5.65 Å². The van der Waals surface area contributed by atoms with Crippen LogP contribution in [0.15, 0.2) is 37.1 Å². The summed E-state index contributed by atoms with van der Waals surface area (Å²) in [6, 6.07) is 5.55. The first-order valence-electron chi connectivity index (χ1n) is 12.6. The van der Waals surface area contributed by atoms with Crippen LogP contribution in [0.25, 0.3) is 11.0 Å². The quantitative estimate of drug-likeness (QED) is 0.358. The number of piperazine rings is 1. The summed E-state index contributed by atoms with van der Waals surface area (Å²) < 4.78 is 13.5. The zero-order chi connectivity index (χ0) is 26.8. The number of hydrogen-bond acceptors (Lipinski definition) is 10. The number of nitrogens with zero attached hydrogens (tertiary/aromatic N) is 6. The first-order valence-corrected chi connectivity index (χ1v) is 12.6. The largest absolute Gasteiger partial charge is 0.494 e. The van der Waals surface area contributed by atoms with E-state index in [1.807, 2.05) is 25.2 Å². The van der Waals surface area contributed by atoms with Crippen LogP contribution in [0.4, 0.5) is 23.0 Å². The second kappa shape index (κ2) is 10.9. The Bertz CT molecular complexity index is 1330. The molecule has 0 spiro atoms. The topological polar surface area (TPSA) is 120 Å². The van der Waals surface area contributed by atoms with Crippen molar-refractivity contribution in [1.82, 2.24) is 24.3 Å². The molecule has 1 aromatic carbocycles. The van der Waals surface area contributed by atoms with Gasteiger partial charge in [-0.15, -0.1) is 0 Å². The minimum atomic E-state index is -0.309. The number of anilines is 4. The third-order valence-electron chi connectivity index (χ3n) is 6.90. The van der Waals surface area contributed by atoms with Gasteiger partial charge in [-0.05, 0) is 32.3 Å². The molecular weight excluding hydrogens is 488 g/mol. The maximum atomic E-state index is 12.3. The second-order valence-electron chi connectivity index (χ2n) is 9.66. The summed E-state index contributed by atoms with van der Waals surface area (Å²) in [5.74, 6) is 0.979. The fourth-order valence-corrected chi connectivity index (χ4v) is 4.72. The highest BCUT2D eigenvalue weighted by molar-refractivity contribution is 6.02. The number of ether oxygens (including phenoxy) is 2. The Hall–Kier alpha value is -3.87. The van der Waals surface area contributed by atoms with Crippen molar-refractivity contribution in [2.75, 3.05) is 76.0 Å². The van der Waals surface area contributed by atoms with E-state index in [9.17, 15) is 9.90 Å². The molecule has 4 heterocycles. The number of likely N-dealkylation sites (tertiary alicyclic amines) is 1. The van der Waals surface area contributed by atoms with Gasteiger partial charge in [0.1, 0.15) is 18.6 Å². The molecule has 2 aliphatic heterocycles. The average molecular weight is 523 g/mol. The number of carbonyl (C=O) groups is 1. The summed E-state index contributed by atoms with van der Waals surface area (Å²) in [4.78, 5) is 28.3. The minimum Gasteiger partial charge on any atom is -0.494 e. The molecule has 0 unspecified atom stereocenters. The summed E-state index contributed by atoms with van der Waals surface area (Å²) >= 11 is 0. The molecule has 2 aliphatic rings. The molecule has 3 N–H and O–H groups in total. The Morgan fingerprint density at radius 2 is 1.92 bits per heavy atom. The smallest absolute Gasteiger partial charge is 0.247 e. The van der Waals surface area contributed by atoms with Crippen LogP contribution in [0.2, 0.25) is 0 Å². The Morgan fingerprint density at radius 1 is 1.16 bits per heavy atom. The summed E-state index contributed by atoms with van der Waals surface area (Å²) in [6.45, 7) is 8.44. The first kappa shape index (κ1) is 25.8. The number of rotatable bonds is 9. The van der Waals surface area contributed by atoms with E-state index in [1.54, 1.807) is 17.9 Å². The third-order valence-corrected chi connectivity index (χ3v) is 6.90. The monoisotopic (exact) mass is 522 g/mol. The van der Waals surface area contributed by atoms with E-state index >= 15 is 0 Å². The number of likely N-dealkylation sites (N-methyl/N-ethyl adjacent to an activating group) is 2. The summed E-state index contributed by atoms with van der Waals surface area (Å²) in [7, 11) is 5.72. The molecule has 12 nitrogen and oxygen atoms in total. The van der Waals surface area contributed by atoms with E-state index in [0.29, 0.717) is 28.7 Å². The van der Waals surface area contributed by atoms with Gasteiger partial charge in [-0.1, -0.05) is 6.58 Å². The Labute approximate surface area is 221 Å². The van der Waals surface area contributed by atoms with E-state index < -0.39 is 0 Å². The van der Waals surface area contributed by atoms with Gasteiger partial charge in [-0.2, -0.15) is 9.97 Å². The van der Waals surface area contributed by atoms with Crippen LogP contribution in [0.1, 0.15) is 0 Å². The normalized spacial score (nSPS) is 16.8. The third kappa shape index (κ3) is 5.23. The highest BCUT2D eigenvalue weighted by Crippen LogP contribution is 2.39. The van der Waals surface area contributed by atoms with Gasteiger partial charge in [0.05, 0.1) is 29.6 Å². The molecule has 5 rings (SSSR count). The van der Waals surface area contributed by atoms with E-state index in [4.69, 9.17) is 9.47 Å². The van der Waals surface area contributed by atoms with Crippen LogP contribution >= 0.6 is 0 Å². The van der Waals surface area contributed by atoms with Crippen molar-refractivity contribution in [1.29, 1.82) is 0 Å². The highest BCUT2D eigenvalue weighted by atomic mass is 16.5. The maximum absolute atomic E-state index is 12.3. The lowest BCUT2D eigenvalue weighted by molar-refractivity contribution is -0.111. The molecule has 3 aromatic rings. The fraction of sp³-hybridized carbons (Fsp3) is 0.423. The summed E-state index contributed by atoms with van der Waals surface area (Å²) in [5, 5.41) is 16.7. The zero-order valence-corrected chi connectivity index (χ0v) is 22.0. The van der Waals surface area contributed by atoms with E-state index in [-0.39, 0.29) is 24.7 Å². The molecule has 0 atom stereocenters. The molecule has 12 heteroatoms.